The number of amides is 1. The second kappa shape index (κ2) is 9.40. The first-order valence-corrected chi connectivity index (χ1v) is 11.3. The molecule has 8 heteroatoms. The molecule has 0 spiro atoms. The van der Waals surface area contributed by atoms with Gasteiger partial charge in [-0.2, -0.15) is 9.78 Å². The lowest BCUT2D eigenvalue weighted by molar-refractivity contribution is -0.116. The van der Waals surface area contributed by atoms with Gasteiger partial charge >= 0.3 is 0 Å². The molecule has 0 aliphatic carbocycles. The summed E-state index contributed by atoms with van der Waals surface area (Å²) in [6.45, 7) is 6.42. The predicted molar refractivity (Wildman–Crippen MR) is 127 cm³/mol. The summed E-state index contributed by atoms with van der Waals surface area (Å²) in [6, 6.07) is 13.6. The van der Waals surface area contributed by atoms with Crippen molar-refractivity contribution in [3.63, 3.8) is 0 Å². The Labute approximate surface area is 191 Å². The van der Waals surface area contributed by atoms with E-state index in [-0.39, 0.29) is 5.91 Å². The number of carbonyl (C=O) groups is 1. The summed E-state index contributed by atoms with van der Waals surface area (Å²) in [4.78, 5) is 17.2. The Morgan fingerprint density at radius 3 is 2.66 bits per heavy atom. The van der Waals surface area contributed by atoms with Crippen LogP contribution >= 0.6 is 11.3 Å². The van der Waals surface area contributed by atoms with Gasteiger partial charge in [0.05, 0.1) is 29.6 Å². The molecule has 7 nitrogen and oxygen atoms in total. The molecule has 0 aliphatic rings. The van der Waals surface area contributed by atoms with E-state index in [9.17, 15) is 4.79 Å². The minimum atomic E-state index is -0.0842. The quantitative estimate of drug-likeness (QED) is 0.373. The molecular weight excluding hydrogens is 424 g/mol. The number of hydrogen-bond donors (Lipinski definition) is 1. The van der Waals surface area contributed by atoms with Crippen molar-refractivity contribution in [2.45, 2.75) is 33.6 Å². The van der Waals surface area contributed by atoms with Crippen LogP contribution in [0.1, 0.15) is 29.7 Å². The fourth-order valence-electron chi connectivity index (χ4n) is 3.48. The van der Waals surface area contributed by atoms with E-state index < -0.39 is 0 Å². The molecule has 0 unspecified atom stereocenters. The first-order chi connectivity index (χ1) is 15.4. The van der Waals surface area contributed by atoms with E-state index in [4.69, 9.17) is 9.47 Å². The fraction of sp³-hybridized carbons (Fsp3) is 0.292. The highest BCUT2D eigenvalue weighted by Crippen LogP contribution is 2.30. The van der Waals surface area contributed by atoms with E-state index in [1.165, 1.54) is 11.3 Å². The smallest absolute Gasteiger partial charge is 0.225 e. The summed E-state index contributed by atoms with van der Waals surface area (Å²) in [5.41, 5.74) is 3.86. The number of aromatic nitrogens is 3. The van der Waals surface area contributed by atoms with Crippen molar-refractivity contribution in [3.8, 4) is 16.6 Å². The molecule has 0 aliphatic heterocycles. The Morgan fingerprint density at radius 1 is 1.12 bits per heavy atom. The Morgan fingerprint density at radius 2 is 1.91 bits per heavy atom. The summed E-state index contributed by atoms with van der Waals surface area (Å²) in [5.74, 6) is 2.20. The molecule has 0 radical (unpaired) electrons. The third kappa shape index (κ3) is 4.75. The van der Waals surface area contributed by atoms with Crippen LogP contribution in [0, 0.1) is 20.8 Å². The van der Waals surface area contributed by atoms with Crippen LogP contribution in [0.25, 0.3) is 15.3 Å². The molecular formula is C24H26N4O3S. The largest absolute Gasteiger partial charge is 0.497 e. The molecule has 0 atom stereocenters. The Bertz CT molecular complexity index is 1240. The maximum Gasteiger partial charge on any atom is 0.225 e. The highest BCUT2D eigenvalue weighted by Gasteiger charge is 2.15. The molecule has 166 valence electrons. The number of aryl methyl sites for hydroxylation is 3. The average molecular weight is 451 g/mol. The van der Waals surface area contributed by atoms with Gasteiger partial charge in [0, 0.05) is 12.5 Å². The third-order valence-corrected chi connectivity index (χ3v) is 6.06. The van der Waals surface area contributed by atoms with Crippen molar-refractivity contribution in [2.24, 2.45) is 0 Å². The van der Waals surface area contributed by atoms with Crippen LogP contribution in [0.15, 0.2) is 42.5 Å². The van der Waals surface area contributed by atoms with E-state index in [0.29, 0.717) is 30.4 Å². The van der Waals surface area contributed by atoms with Crippen LogP contribution in [-0.4, -0.2) is 34.4 Å². The zero-order valence-electron chi connectivity index (χ0n) is 18.6. The number of methoxy groups -OCH3 is 1. The average Bonchev–Trinajstić information content (AvgIpc) is 3.34. The van der Waals surface area contributed by atoms with Crippen LogP contribution in [0.5, 0.6) is 11.5 Å². The summed E-state index contributed by atoms with van der Waals surface area (Å²) < 4.78 is 13.9. The van der Waals surface area contributed by atoms with Crippen LogP contribution in [0.2, 0.25) is 0 Å². The number of benzene rings is 2. The first kappa shape index (κ1) is 21.8. The number of anilines is 1. The van der Waals surface area contributed by atoms with E-state index in [2.05, 4.69) is 15.4 Å². The normalized spacial score (nSPS) is 11.0. The standard InChI is InChI=1S/C24H26N4O3S/c1-15-7-5-8-16(2)23(15)31-12-6-9-22(29)26-21-13-17(3)27-28(21)24-25-19-11-10-18(30-4)14-20(19)32-24/h5,7-8,10-11,13-14H,6,9,12H2,1-4H3,(H,26,29). The third-order valence-electron chi connectivity index (χ3n) is 5.07. The monoisotopic (exact) mass is 450 g/mol. The lowest BCUT2D eigenvalue weighted by atomic mass is 10.1. The van der Waals surface area contributed by atoms with Gasteiger partial charge in [-0.05, 0) is 56.5 Å². The zero-order chi connectivity index (χ0) is 22.7. The van der Waals surface area contributed by atoms with E-state index in [1.807, 2.05) is 63.2 Å². The molecule has 1 N–H and O–H groups in total. The van der Waals surface area contributed by atoms with Gasteiger partial charge in [0.25, 0.3) is 0 Å². The lowest BCUT2D eigenvalue weighted by Crippen LogP contribution is -2.15. The maximum absolute atomic E-state index is 12.6. The number of fused-ring (bicyclic) bond motifs is 1. The molecule has 32 heavy (non-hydrogen) atoms. The minimum Gasteiger partial charge on any atom is -0.497 e. The molecule has 0 bridgehead atoms. The Hall–Kier alpha value is -3.39. The SMILES string of the molecule is COc1ccc2nc(-n3nc(C)cc3NC(=O)CCCOc3c(C)cccc3C)sc2c1. The second-order valence-corrected chi connectivity index (χ2v) is 8.64. The number of thiazole rings is 1. The predicted octanol–water partition coefficient (Wildman–Crippen LogP) is 5.21. The fourth-order valence-corrected chi connectivity index (χ4v) is 4.44. The van der Waals surface area contributed by atoms with Gasteiger partial charge in [0.1, 0.15) is 17.3 Å². The van der Waals surface area contributed by atoms with Gasteiger partial charge in [-0.1, -0.05) is 29.5 Å². The second-order valence-electron chi connectivity index (χ2n) is 7.63. The summed E-state index contributed by atoms with van der Waals surface area (Å²) in [5, 5.41) is 8.18. The van der Waals surface area contributed by atoms with Gasteiger partial charge in [-0.3, -0.25) is 4.79 Å². The van der Waals surface area contributed by atoms with Crippen molar-refractivity contribution in [1.82, 2.24) is 14.8 Å². The van der Waals surface area contributed by atoms with E-state index in [1.54, 1.807) is 11.8 Å². The molecule has 0 fully saturated rings. The molecule has 0 saturated carbocycles. The lowest BCUT2D eigenvalue weighted by Gasteiger charge is -2.12. The number of carbonyl (C=O) groups excluding carboxylic acids is 1. The molecule has 4 rings (SSSR count). The van der Waals surface area contributed by atoms with Crippen molar-refractivity contribution >= 4 is 33.3 Å². The summed E-state index contributed by atoms with van der Waals surface area (Å²) >= 11 is 1.49. The zero-order valence-corrected chi connectivity index (χ0v) is 19.5. The molecule has 2 aromatic carbocycles. The number of ether oxygens (including phenoxy) is 2. The summed E-state index contributed by atoms with van der Waals surface area (Å²) in [6.07, 6.45) is 0.972. The van der Waals surface area contributed by atoms with Gasteiger partial charge in [0.2, 0.25) is 11.0 Å². The van der Waals surface area contributed by atoms with E-state index in [0.717, 1.165) is 38.5 Å². The molecule has 1 amide bonds. The van der Waals surface area contributed by atoms with E-state index >= 15 is 0 Å². The van der Waals surface area contributed by atoms with Gasteiger partial charge in [0.15, 0.2) is 0 Å². The van der Waals surface area contributed by atoms with Gasteiger partial charge in [-0.15, -0.1) is 0 Å². The Balaban J connectivity index is 1.40. The van der Waals surface area contributed by atoms with Gasteiger partial charge < -0.3 is 14.8 Å². The topological polar surface area (TPSA) is 78.3 Å². The first-order valence-electron chi connectivity index (χ1n) is 10.4. The minimum absolute atomic E-state index is 0.0842. The highest BCUT2D eigenvalue weighted by atomic mass is 32.1. The van der Waals surface area contributed by atoms with Crippen LogP contribution in [-0.2, 0) is 4.79 Å². The van der Waals surface area contributed by atoms with Crippen molar-refractivity contribution < 1.29 is 14.3 Å². The van der Waals surface area contributed by atoms with Crippen molar-refractivity contribution in [3.05, 3.63) is 59.3 Å². The van der Waals surface area contributed by atoms with Crippen molar-refractivity contribution in [1.29, 1.82) is 0 Å². The number of para-hydroxylation sites is 1. The molecule has 4 aromatic rings. The van der Waals surface area contributed by atoms with Crippen molar-refractivity contribution in [2.75, 3.05) is 19.0 Å². The van der Waals surface area contributed by atoms with Crippen LogP contribution in [0.3, 0.4) is 0 Å². The number of nitrogens with one attached hydrogen (secondary N) is 1. The summed E-state index contributed by atoms with van der Waals surface area (Å²) in [7, 11) is 1.64. The van der Waals surface area contributed by atoms with Crippen LogP contribution < -0.4 is 14.8 Å². The highest BCUT2D eigenvalue weighted by molar-refractivity contribution is 7.20. The van der Waals surface area contributed by atoms with Gasteiger partial charge in [-0.25, -0.2) is 4.98 Å². The molecule has 2 aromatic heterocycles. The number of nitrogens with zero attached hydrogens (tertiary/aromatic N) is 3. The number of hydrogen-bond acceptors (Lipinski definition) is 6. The maximum atomic E-state index is 12.6. The molecule has 0 saturated heterocycles. The molecule has 2 heterocycles. The van der Waals surface area contributed by atoms with Crippen LogP contribution in [0.4, 0.5) is 5.82 Å². The number of rotatable bonds is 8. The Kier molecular flexibility index (Phi) is 6.41.